The molecule has 0 saturated carbocycles. The second-order valence-electron chi connectivity index (χ2n) is 10.7. The number of aromatic nitrogens is 1. The van der Waals surface area contributed by atoms with Crippen molar-refractivity contribution in [1.29, 1.82) is 0 Å². The molecule has 0 atom stereocenters. The van der Waals surface area contributed by atoms with Gasteiger partial charge in [0.15, 0.2) is 0 Å². The van der Waals surface area contributed by atoms with Gasteiger partial charge in [0.1, 0.15) is 0 Å². The van der Waals surface area contributed by atoms with E-state index < -0.39 is 0 Å². The van der Waals surface area contributed by atoms with Crippen LogP contribution in [0.15, 0.2) is 170 Å². The van der Waals surface area contributed by atoms with Crippen LogP contribution in [0.2, 0.25) is 0 Å². The fourth-order valence-corrected chi connectivity index (χ4v) is 6.11. The molecular formula is C40H28N2. The van der Waals surface area contributed by atoms with Crippen LogP contribution in [0.1, 0.15) is 0 Å². The first-order chi connectivity index (χ1) is 20.8. The highest BCUT2D eigenvalue weighted by atomic mass is 15.1. The van der Waals surface area contributed by atoms with E-state index in [2.05, 4.69) is 179 Å². The van der Waals surface area contributed by atoms with Gasteiger partial charge in [-0.05, 0) is 93.3 Å². The average Bonchev–Trinajstić information content (AvgIpc) is 3.49. The number of nitrogens with zero attached hydrogens (tertiary/aromatic N) is 2. The van der Waals surface area contributed by atoms with E-state index in [4.69, 9.17) is 0 Å². The van der Waals surface area contributed by atoms with E-state index >= 15 is 0 Å². The molecule has 0 N–H and O–H groups in total. The Morgan fingerprint density at radius 2 is 1.05 bits per heavy atom. The van der Waals surface area contributed by atoms with Crippen LogP contribution in [0.4, 0.5) is 17.1 Å². The normalized spacial score (nSPS) is 11.3. The Labute approximate surface area is 245 Å². The predicted molar refractivity (Wildman–Crippen MR) is 178 cm³/mol. The number of fused-ring (bicyclic) bond motifs is 3. The second-order valence-corrected chi connectivity index (χ2v) is 10.7. The topological polar surface area (TPSA) is 8.17 Å². The van der Waals surface area contributed by atoms with E-state index in [1.807, 2.05) is 0 Å². The highest BCUT2D eigenvalue weighted by Gasteiger charge is 2.15. The van der Waals surface area contributed by atoms with E-state index in [1.54, 1.807) is 0 Å². The lowest BCUT2D eigenvalue weighted by molar-refractivity contribution is 1.13. The van der Waals surface area contributed by atoms with Crippen molar-refractivity contribution in [1.82, 2.24) is 4.57 Å². The molecule has 0 aliphatic rings. The SMILES string of the molecule is c1ccc(-n2ccc3cc(N(c4ccc(-c5cccc6ccccc56)cc4)c4ccc5ccccc5c4)ccc32)cc1. The molecule has 0 radical (unpaired) electrons. The molecule has 8 aromatic rings. The van der Waals surface area contributed by atoms with Crippen molar-refractivity contribution in [2.75, 3.05) is 4.90 Å². The van der Waals surface area contributed by atoms with Crippen LogP contribution < -0.4 is 4.90 Å². The molecule has 0 unspecified atom stereocenters. The molecule has 7 aromatic carbocycles. The van der Waals surface area contributed by atoms with Crippen LogP contribution in [-0.2, 0) is 0 Å². The molecule has 0 aliphatic heterocycles. The molecule has 0 saturated heterocycles. The van der Waals surface area contributed by atoms with E-state index in [9.17, 15) is 0 Å². The Kier molecular flexibility index (Phi) is 5.82. The van der Waals surface area contributed by atoms with Gasteiger partial charge in [0.2, 0.25) is 0 Å². The van der Waals surface area contributed by atoms with Crippen molar-refractivity contribution in [3.63, 3.8) is 0 Å². The summed E-state index contributed by atoms with van der Waals surface area (Å²) in [4.78, 5) is 2.36. The maximum absolute atomic E-state index is 2.36. The fraction of sp³-hybridized carbons (Fsp3) is 0. The molecular weight excluding hydrogens is 508 g/mol. The molecule has 0 aliphatic carbocycles. The Bertz CT molecular complexity index is 2190. The fourth-order valence-electron chi connectivity index (χ4n) is 6.11. The Balaban J connectivity index is 1.26. The minimum atomic E-state index is 1.12. The standard InChI is InChI=1S/C40H28N2/c1-2-13-34(14-3-1)41-26-25-33-28-37(23-24-40(33)41)42(36-22-17-29-9-4-5-11-32(29)27-36)35-20-18-31(19-21-35)39-16-8-12-30-10-6-7-15-38(30)39/h1-28H. The van der Waals surface area contributed by atoms with E-state index in [0.717, 1.165) is 22.7 Å². The molecule has 0 amide bonds. The van der Waals surface area contributed by atoms with Gasteiger partial charge >= 0.3 is 0 Å². The van der Waals surface area contributed by atoms with E-state index in [0.29, 0.717) is 0 Å². The third-order valence-corrected chi connectivity index (χ3v) is 8.18. The molecule has 0 spiro atoms. The lowest BCUT2D eigenvalue weighted by Crippen LogP contribution is -2.10. The van der Waals surface area contributed by atoms with E-state index in [-0.39, 0.29) is 0 Å². The first-order valence-electron chi connectivity index (χ1n) is 14.4. The number of rotatable bonds is 5. The molecule has 42 heavy (non-hydrogen) atoms. The smallest absolute Gasteiger partial charge is 0.0529 e. The molecule has 0 fully saturated rings. The zero-order valence-electron chi connectivity index (χ0n) is 23.1. The molecule has 198 valence electrons. The van der Waals surface area contributed by atoms with Crippen molar-refractivity contribution in [3.05, 3.63) is 170 Å². The summed E-state index contributed by atoms with van der Waals surface area (Å²) in [5, 5.41) is 6.20. The van der Waals surface area contributed by atoms with Gasteiger partial charge in [0.05, 0.1) is 5.52 Å². The zero-order valence-corrected chi connectivity index (χ0v) is 23.1. The van der Waals surface area contributed by atoms with Crippen LogP contribution >= 0.6 is 0 Å². The van der Waals surface area contributed by atoms with Crippen LogP contribution in [0.25, 0.3) is 49.3 Å². The summed E-state index contributed by atoms with van der Waals surface area (Å²) in [5.74, 6) is 0. The largest absolute Gasteiger partial charge is 0.317 e. The molecule has 0 bridgehead atoms. The number of hydrogen-bond donors (Lipinski definition) is 0. The zero-order chi connectivity index (χ0) is 27.9. The minimum Gasteiger partial charge on any atom is -0.317 e. The summed E-state index contributed by atoms with van der Waals surface area (Å²) in [7, 11) is 0. The monoisotopic (exact) mass is 536 g/mol. The van der Waals surface area contributed by atoms with Crippen molar-refractivity contribution in [3.8, 4) is 16.8 Å². The van der Waals surface area contributed by atoms with Crippen molar-refractivity contribution in [2.24, 2.45) is 0 Å². The first-order valence-corrected chi connectivity index (χ1v) is 14.4. The minimum absolute atomic E-state index is 1.12. The summed E-state index contributed by atoms with van der Waals surface area (Å²) in [6.07, 6.45) is 2.16. The third-order valence-electron chi connectivity index (χ3n) is 8.18. The van der Waals surface area contributed by atoms with Crippen LogP contribution in [0.5, 0.6) is 0 Å². The molecule has 1 heterocycles. The van der Waals surface area contributed by atoms with E-state index in [1.165, 1.54) is 43.6 Å². The molecule has 2 heteroatoms. The maximum Gasteiger partial charge on any atom is 0.0529 e. The van der Waals surface area contributed by atoms with Gasteiger partial charge in [-0.3, -0.25) is 0 Å². The van der Waals surface area contributed by atoms with Crippen LogP contribution in [0.3, 0.4) is 0 Å². The number of benzene rings is 7. The van der Waals surface area contributed by atoms with Gasteiger partial charge in [0.25, 0.3) is 0 Å². The number of anilines is 3. The lowest BCUT2D eigenvalue weighted by Gasteiger charge is -2.26. The van der Waals surface area contributed by atoms with Gasteiger partial charge in [-0.1, -0.05) is 103 Å². The molecule has 1 aromatic heterocycles. The highest BCUT2D eigenvalue weighted by molar-refractivity contribution is 5.97. The van der Waals surface area contributed by atoms with Crippen molar-refractivity contribution in [2.45, 2.75) is 0 Å². The Morgan fingerprint density at radius 1 is 0.405 bits per heavy atom. The summed E-state index contributed by atoms with van der Waals surface area (Å²) >= 11 is 0. The number of hydrogen-bond acceptors (Lipinski definition) is 1. The Hall–Kier alpha value is -5.60. The van der Waals surface area contributed by atoms with Gasteiger partial charge < -0.3 is 9.47 Å². The Morgan fingerprint density at radius 3 is 1.88 bits per heavy atom. The summed E-state index contributed by atoms with van der Waals surface area (Å²) in [6.45, 7) is 0. The van der Waals surface area contributed by atoms with Gasteiger partial charge in [-0.25, -0.2) is 0 Å². The summed E-state index contributed by atoms with van der Waals surface area (Å²) < 4.78 is 2.25. The van der Waals surface area contributed by atoms with Crippen LogP contribution in [0, 0.1) is 0 Å². The van der Waals surface area contributed by atoms with Crippen LogP contribution in [-0.4, -0.2) is 4.57 Å². The predicted octanol–water partition coefficient (Wildman–Crippen LogP) is 11.1. The number of para-hydroxylation sites is 1. The van der Waals surface area contributed by atoms with Crippen molar-refractivity contribution >= 4 is 49.5 Å². The first kappa shape index (κ1) is 24.2. The van der Waals surface area contributed by atoms with Gasteiger partial charge in [0, 0.05) is 34.3 Å². The highest BCUT2D eigenvalue weighted by Crippen LogP contribution is 2.39. The molecule has 2 nitrogen and oxygen atoms in total. The average molecular weight is 537 g/mol. The second kappa shape index (κ2) is 10.1. The van der Waals surface area contributed by atoms with Gasteiger partial charge in [-0.15, -0.1) is 0 Å². The quantitative estimate of drug-likeness (QED) is 0.212. The summed E-state index contributed by atoms with van der Waals surface area (Å²) in [6, 6.07) is 58.8. The van der Waals surface area contributed by atoms with Gasteiger partial charge in [-0.2, -0.15) is 0 Å². The maximum atomic E-state index is 2.36. The molecule has 8 rings (SSSR count). The third kappa shape index (κ3) is 4.22. The lowest BCUT2D eigenvalue weighted by atomic mass is 9.98. The summed E-state index contributed by atoms with van der Waals surface area (Å²) in [5.41, 5.74) is 8.20. The van der Waals surface area contributed by atoms with Crippen molar-refractivity contribution < 1.29 is 0 Å².